The van der Waals surface area contributed by atoms with E-state index in [1.165, 1.54) is 13.3 Å². The zero-order valence-corrected chi connectivity index (χ0v) is 8.36. The van der Waals surface area contributed by atoms with Crippen LogP contribution in [0, 0.1) is 0 Å². The minimum atomic E-state index is -0.969. The molecule has 1 aromatic heterocycles. The summed E-state index contributed by atoms with van der Waals surface area (Å²) in [6.45, 7) is 0. The van der Waals surface area contributed by atoms with Crippen molar-refractivity contribution in [1.82, 2.24) is 4.98 Å². The molecule has 0 saturated heterocycles. The van der Waals surface area contributed by atoms with Crippen LogP contribution in [0.5, 0.6) is 0 Å². The first kappa shape index (κ1) is 10.9. The summed E-state index contributed by atoms with van der Waals surface area (Å²) in [5.41, 5.74) is 0.430. The highest BCUT2D eigenvalue weighted by molar-refractivity contribution is 6.30. The molecule has 0 saturated carbocycles. The highest BCUT2D eigenvalue weighted by Crippen LogP contribution is 2.22. The van der Waals surface area contributed by atoms with Gasteiger partial charge in [0.2, 0.25) is 0 Å². The lowest BCUT2D eigenvalue weighted by molar-refractivity contribution is -0.142. The van der Waals surface area contributed by atoms with Gasteiger partial charge < -0.3 is 9.84 Å². The smallest absolute Gasteiger partial charge is 0.308 e. The Hall–Kier alpha value is -1.13. The van der Waals surface area contributed by atoms with Crippen molar-refractivity contribution in [3.63, 3.8) is 0 Å². The van der Waals surface area contributed by atoms with Gasteiger partial charge in [-0.3, -0.25) is 4.79 Å². The van der Waals surface area contributed by atoms with Crippen molar-refractivity contribution in [3.8, 4) is 0 Å². The minimum Gasteiger partial charge on any atom is -0.469 e. The fraction of sp³-hybridized carbons (Fsp3) is 0.333. The van der Waals surface area contributed by atoms with Crippen molar-refractivity contribution < 1.29 is 14.6 Å². The lowest BCUT2D eigenvalue weighted by Crippen LogP contribution is -2.08. The molecule has 0 aromatic carbocycles. The van der Waals surface area contributed by atoms with E-state index in [1.54, 1.807) is 12.1 Å². The highest BCUT2D eigenvalue weighted by Gasteiger charge is 2.16. The molecule has 0 aliphatic rings. The van der Waals surface area contributed by atoms with Crippen LogP contribution < -0.4 is 0 Å². The largest absolute Gasteiger partial charge is 0.469 e. The Balaban J connectivity index is 2.74. The Labute approximate surface area is 86.5 Å². The standard InChI is InChI=1S/C9H10ClNO3/c1-14-8(13)5-7(12)6-3-2-4-11-9(6)10/h2-4,7,12H,5H2,1H3. The second-order valence-electron chi connectivity index (χ2n) is 2.68. The van der Waals surface area contributed by atoms with E-state index in [0.717, 1.165) is 0 Å². The number of carbonyl (C=O) groups excluding carboxylic acids is 1. The lowest BCUT2D eigenvalue weighted by Gasteiger charge is -2.09. The Morgan fingerprint density at radius 2 is 2.50 bits per heavy atom. The quantitative estimate of drug-likeness (QED) is 0.611. The zero-order chi connectivity index (χ0) is 10.6. The number of esters is 1. The van der Waals surface area contributed by atoms with Gasteiger partial charge in [0.05, 0.1) is 19.6 Å². The predicted octanol–water partition coefficient (Wildman–Crippen LogP) is 1.33. The van der Waals surface area contributed by atoms with E-state index in [4.69, 9.17) is 11.6 Å². The third-order valence-electron chi connectivity index (χ3n) is 1.73. The Bertz CT molecular complexity index is 330. The summed E-state index contributed by atoms with van der Waals surface area (Å²) >= 11 is 5.72. The average Bonchev–Trinajstić information content (AvgIpc) is 2.18. The molecule has 1 heterocycles. The Morgan fingerprint density at radius 1 is 1.79 bits per heavy atom. The molecule has 14 heavy (non-hydrogen) atoms. The third kappa shape index (κ3) is 2.68. The number of ether oxygens (including phenoxy) is 1. The maximum Gasteiger partial charge on any atom is 0.308 e. The number of hydrogen-bond donors (Lipinski definition) is 1. The highest BCUT2D eigenvalue weighted by atomic mass is 35.5. The first-order chi connectivity index (χ1) is 6.65. The zero-order valence-electron chi connectivity index (χ0n) is 7.61. The number of methoxy groups -OCH3 is 1. The summed E-state index contributed by atoms with van der Waals surface area (Å²) in [7, 11) is 1.26. The lowest BCUT2D eigenvalue weighted by atomic mass is 10.1. The van der Waals surface area contributed by atoms with Crippen molar-refractivity contribution in [2.24, 2.45) is 0 Å². The molecule has 1 aromatic rings. The molecule has 0 radical (unpaired) electrons. The van der Waals surface area contributed by atoms with Crippen LogP contribution in [0.1, 0.15) is 18.1 Å². The molecule has 4 nitrogen and oxygen atoms in total. The maximum atomic E-state index is 10.9. The molecule has 0 aliphatic carbocycles. The van der Waals surface area contributed by atoms with Gasteiger partial charge in [-0.1, -0.05) is 17.7 Å². The van der Waals surface area contributed by atoms with Crippen LogP contribution in [0.4, 0.5) is 0 Å². The fourth-order valence-electron chi connectivity index (χ4n) is 0.998. The van der Waals surface area contributed by atoms with E-state index in [0.29, 0.717) is 5.56 Å². The van der Waals surface area contributed by atoms with Gasteiger partial charge in [-0.05, 0) is 6.07 Å². The third-order valence-corrected chi connectivity index (χ3v) is 2.05. The minimum absolute atomic E-state index is 0.123. The topological polar surface area (TPSA) is 59.4 Å². The number of rotatable bonds is 3. The molecule has 1 atom stereocenters. The molecule has 0 aliphatic heterocycles. The molecule has 5 heteroatoms. The summed E-state index contributed by atoms with van der Waals surface area (Å²) in [6.07, 6.45) is 0.419. The monoisotopic (exact) mass is 215 g/mol. The van der Waals surface area contributed by atoms with Gasteiger partial charge in [-0.25, -0.2) is 4.98 Å². The van der Waals surface area contributed by atoms with Gasteiger partial charge in [0.1, 0.15) is 5.15 Å². The van der Waals surface area contributed by atoms with Gasteiger partial charge in [-0.2, -0.15) is 0 Å². The van der Waals surface area contributed by atoms with E-state index in [9.17, 15) is 9.90 Å². The second kappa shape index (κ2) is 4.93. The number of aliphatic hydroxyl groups is 1. The summed E-state index contributed by atoms with van der Waals surface area (Å²) in [5.74, 6) is -0.489. The molecule has 1 unspecified atom stereocenters. The van der Waals surface area contributed by atoms with Crippen LogP contribution in [0.25, 0.3) is 0 Å². The molecule has 0 spiro atoms. The van der Waals surface area contributed by atoms with E-state index < -0.39 is 12.1 Å². The maximum absolute atomic E-state index is 10.9. The molecule has 0 fully saturated rings. The Morgan fingerprint density at radius 3 is 3.07 bits per heavy atom. The number of pyridine rings is 1. The number of carbonyl (C=O) groups is 1. The van der Waals surface area contributed by atoms with Gasteiger partial charge in [0, 0.05) is 11.8 Å². The van der Waals surface area contributed by atoms with Crippen molar-refractivity contribution in [2.45, 2.75) is 12.5 Å². The molecule has 1 N–H and O–H groups in total. The van der Waals surface area contributed by atoms with Gasteiger partial charge >= 0.3 is 5.97 Å². The van der Waals surface area contributed by atoms with Crippen LogP contribution >= 0.6 is 11.6 Å². The van der Waals surface area contributed by atoms with Crippen molar-refractivity contribution in [1.29, 1.82) is 0 Å². The SMILES string of the molecule is COC(=O)CC(O)c1cccnc1Cl. The second-order valence-corrected chi connectivity index (χ2v) is 3.04. The summed E-state index contributed by atoms with van der Waals surface area (Å²) in [4.78, 5) is 14.6. The molecule has 0 amide bonds. The van der Waals surface area contributed by atoms with E-state index in [2.05, 4.69) is 9.72 Å². The van der Waals surface area contributed by atoms with Gasteiger partial charge in [0.25, 0.3) is 0 Å². The van der Waals surface area contributed by atoms with Crippen LogP contribution in [0.2, 0.25) is 5.15 Å². The molecule has 1 rings (SSSR count). The fourth-order valence-corrected chi connectivity index (χ4v) is 1.24. The normalized spacial score (nSPS) is 12.2. The number of aliphatic hydroxyl groups excluding tert-OH is 1. The van der Waals surface area contributed by atoms with Crippen molar-refractivity contribution in [2.75, 3.05) is 7.11 Å². The van der Waals surface area contributed by atoms with Crippen molar-refractivity contribution >= 4 is 17.6 Å². The van der Waals surface area contributed by atoms with Crippen LogP contribution in [0.15, 0.2) is 18.3 Å². The van der Waals surface area contributed by atoms with E-state index in [-0.39, 0.29) is 11.6 Å². The van der Waals surface area contributed by atoms with E-state index >= 15 is 0 Å². The first-order valence-corrected chi connectivity index (χ1v) is 4.38. The van der Waals surface area contributed by atoms with Gasteiger partial charge in [-0.15, -0.1) is 0 Å². The predicted molar refractivity (Wildman–Crippen MR) is 50.8 cm³/mol. The first-order valence-electron chi connectivity index (χ1n) is 4.00. The van der Waals surface area contributed by atoms with Gasteiger partial charge in [0.15, 0.2) is 0 Å². The number of aromatic nitrogens is 1. The number of nitrogens with zero attached hydrogens (tertiary/aromatic N) is 1. The van der Waals surface area contributed by atoms with Crippen LogP contribution in [0.3, 0.4) is 0 Å². The molecule has 76 valence electrons. The Kier molecular flexibility index (Phi) is 3.85. The van der Waals surface area contributed by atoms with Crippen molar-refractivity contribution in [3.05, 3.63) is 29.0 Å². The van der Waals surface area contributed by atoms with Crippen LogP contribution in [-0.4, -0.2) is 23.2 Å². The summed E-state index contributed by atoms with van der Waals surface area (Å²) in [5, 5.41) is 9.78. The average molecular weight is 216 g/mol. The summed E-state index contributed by atoms with van der Waals surface area (Å²) < 4.78 is 4.42. The molecule has 0 bridgehead atoms. The number of halogens is 1. The summed E-state index contributed by atoms with van der Waals surface area (Å²) in [6, 6.07) is 3.25. The van der Waals surface area contributed by atoms with E-state index in [1.807, 2.05) is 0 Å². The molecular formula is C9H10ClNO3. The molecular weight excluding hydrogens is 206 g/mol. The number of hydrogen-bond acceptors (Lipinski definition) is 4. The van der Waals surface area contributed by atoms with Crippen LogP contribution in [-0.2, 0) is 9.53 Å².